The van der Waals surface area contributed by atoms with Gasteiger partial charge in [-0.25, -0.2) is 4.79 Å². The number of benzene rings is 2. The Bertz CT molecular complexity index is 1280. The molecule has 3 unspecified atom stereocenters. The summed E-state index contributed by atoms with van der Waals surface area (Å²) in [4.78, 5) is 45.0. The highest BCUT2D eigenvalue weighted by Gasteiger charge is 2.29. The van der Waals surface area contributed by atoms with Crippen LogP contribution in [0, 0.1) is 0 Å². The number of carbonyl (C=O) groups is 3. The molecule has 0 saturated carbocycles. The van der Waals surface area contributed by atoms with Gasteiger partial charge in [0, 0.05) is 30.1 Å². The molecule has 0 radical (unpaired) electrons. The van der Waals surface area contributed by atoms with Crippen LogP contribution < -0.4 is 27.8 Å². The number of phenols is 1. The van der Waals surface area contributed by atoms with Crippen molar-refractivity contribution in [1.82, 2.24) is 15.6 Å². The molecule has 0 aliphatic rings. The number of para-hydroxylation sites is 1. The second kappa shape index (κ2) is 13.1. The summed E-state index contributed by atoms with van der Waals surface area (Å²) in [5.74, 6) is -2.46. The number of carboxylic acids is 1. The Morgan fingerprint density at radius 1 is 0.947 bits per heavy atom. The standard InChI is InChI=1S/C26H33N7O5/c27-19(12-15-7-9-17(34)10-8-15)23(35)33-22(13-16-14-31-20-5-2-1-4-18(16)20)24(36)32-21(25(37)38)6-3-11-30-26(28)29/h1-2,4-5,7-10,14,19,21-22,31,34H,3,6,11-13,27H2,(H,32,36)(H,33,35)(H,37,38)(H4,28,29,30). The number of phenolic OH excluding ortho intramolecular Hbond substituents is 1. The molecular weight excluding hydrogens is 490 g/mol. The van der Waals surface area contributed by atoms with E-state index in [0.29, 0.717) is 6.42 Å². The number of aliphatic carboxylic acids is 1. The minimum atomic E-state index is -1.22. The Morgan fingerprint density at radius 3 is 2.32 bits per heavy atom. The topological polar surface area (TPSA) is 222 Å². The molecule has 1 heterocycles. The van der Waals surface area contributed by atoms with E-state index in [2.05, 4.69) is 20.6 Å². The quantitative estimate of drug-likeness (QED) is 0.0869. The van der Waals surface area contributed by atoms with E-state index in [9.17, 15) is 24.6 Å². The molecule has 2 aromatic carbocycles. The Kier molecular flexibility index (Phi) is 9.66. The minimum absolute atomic E-state index is 0.0893. The highest BCUT2D eigenvalue weighted by atomic mass is 16.4. The van der Waals surface area contributed by atoms with Crippen LogP contribution in [0.25, 0.3) is 10.9 Å². The van der Waals surface area contributed by atoms with Crippen LogP contribution in [0.15, 0.2) is 59.7 Å². The molecule has 0 saturated heterocycles. The van der Waals surface area contributed by atoms with Gasteiger partial charge in [-0.1, -0.05) is 30.3 Å². The number of nitrogens with zero attached hydrogens (tertiary/aromatic N) is 1. The van der Waals surface area contributed by atoms with Crippen molar-refractivity contribution in [3.05, 3.63) is 65.9 Å². The monoisotopic (exact) mass is 523 g/mol. The predicted octanol–water partition coefficient (Wildman–Crippen LogP) is 0.0938. The first kappa shape index (κ1) is 28.0. The number of aromatic amines is 1. The van der Waals surface area contributed by atoms with E-state index in [4.69, 9.17) is 17.2 Å². The molecule has 1 aromatic heterocycles. The third-order valence-electron chi connectivity index (χ3n) is 6.02. The van der Waals surface area contributed by atoms with Gasteiger partial charge < -0.3 is 43.0 Å². The lowest BCUT2D eigenvalue weighted by atomic mass is 10.0. The number of aliphatic imine (C=N–C) groups is 1. The van der Waals surface area contributed by atoms with Gasteiger partial charge in [-0.2, -0.15) is 0 Å². The molecule has 12 nitrogen and oxygen atoms in total. The fourth-order valence-corrected chi connectivity index (χ4v) is 4.02. The lowest BCUT2D eigenvalue weighted by Crippen LogP contribution is -2.55. The normalized spacial score (nSPS) is 13.3. The summed E-state index contributed by atoms with van der Waals surface area (Å²) in [6.07, 6.45) is 2.44. The first-order valence-electron chi connectivity index (χ1n) is 12.1. The van der Waals surface area contributed by atoms with Crippen molar-refractivity contribution in [2.45, 2.75) is 43.8 Å². The number of fused-ring (bicyclic) bond motifs is 1. The number of amides is 2. The lowest BCUT2D eigenvalue weighted by Gasteiger charge is -2.23. The van der Waals surface area contributed by atoms with Crippen LogP contribution in [0.3, 0.4) is 0 Å². The number of aromatic nitrogens is 1. The average molecular weight is 524 g/mol. The third-order valence-corrected chi connectivity index (χ3v) is 6.02. The molecular formula is C26H33N7O5. The Balaban J connectivity index is 1.75. The van der Waals surface area contributed by atoms with Gasteiger partial charge in [0.1, 0.15) is 17.8 Å². The molecule has 3 atom stereocenters. The van der Waals surface area contributed by atoms with Gasteiger partial charge in [-0.15, -0.1) is 0 Å². The van der Waals surface area contributed by atoms with Crippen molar-refractivity contribution in [3.63, 3.8) is 0 Å². The molecule has 3 aromatic rings. The summed E-state index contributed by atoms with van der Waals surface area (Å²) >= 11 is 0. The zero-order chi connectivity index (χ0) is 27.7. The predicted molar refractivity (Wildman–Crippen MR) is 143 cm³/mol. The maximum absolute atomic E-state index is 13.3. The molecule has 11 N–H and O–H groups in total. The summed E-state index contributed by atoms with van der Waals surface area (Å²) in [5, 5.41) is 25.2. The average Bonchev–Trinajstić information content (AvgIpc) is 3.29. The van der Waals surface area contributed by atoms with Crippen LogP contribution in [-0.4, -0.2) is 63.6 Å². The van der Waals surface area contributed by atoms with E-state index in [1.165, 1.54) is 12.1 Å². The zero-order valence-corrected chi connectivity index (χ0v) is 20.8. The van der Waals surface area contributed by atoms with Crippen molar-refractivity contribution in [2.75, 3.05) is 6.54 Å². The van der Waals surface area contributed by atoms with Crippen molar-refractivity contribution in [2.24, 2.45) is 22.2 Å². The van der Waals surface area contributed by atoms with Crippen molar-refractivity contribution in [1.29, 1.82) is 0 Å². The van der Waals surface area contributed by atoms with Crippen LogP contribution in [0.1, 0.15) is 24.0 Å². The van der Waals surface area contributed by atoms with Crippen LogP contribution in [0.4, 0.5) is 0 Å². The summed E-state index contributed by atoms with van der Waals surface area (Å²) < 4.78 is 0. The molecule has 12 heteroatoms. The maximum atomic E-state index is 13.3. The Labute approximate surface area is 219 Å². The van der Waals surface area contributed by atoms with Crippen molar-refractivity contribution < 1.29 is 24.6 Å². The zero-order valence-electron chi connectivity index (χ0n) is 20.8. The summed E-state index contributed by atoms with van der Waals surface area (Å²) in [7, 11) is 0. The lowest BCUT2D eigenvalue weighted by molar-refractivity contribution is -0.142. The maximum Gasteiger partial charge on any atom is 0.326 e. The molecule has 0 aliphatic heterocycles. The molecule has 3 rings (SSSR count). The van der Waals surface area contributed by atoms with Gasteiger partial charge in [0.2, 0.25) is 11.8 Å². The Hall–Kier alpha value is -4.58. The summed E-state index contributed by atoms with van der Waals surface area (Å²) in [5.41, 5.74) is 19.1. The fourth-order valence-electron chi connectivity index (χ4n) is 4.02. The molecule has 0 bridgehead atoms. The van der Waals surface area contributed by atoms with Gasteiger partial charge in [0.15, 0.2) is 5.96 Å². The van der Waals surface area contributed by atoms with Gasteiger partial charge in [-0.3, -0.25) is 14.6 Å². The van der Waals surface area contributed by atoms with Crippen LogP contribution >= 0.6 is 0 Å². The SMILES string of the molecule is NC(N)=NCCCC(NC(=O)C(Cc1c[nH]c2ccccc12)NC(=O)C(N)Cc1ccc(O)cc1)C(=O)O. The highest BCUT2D eigenvalue weighted by Crippen LogP contribution is 2.19. The molecule has 2 amide bonds. The minimum Gasteiger partial charge on any atom is -0.508 e. The number of carboxylic acid groups (broad SMARTS) is 1. The first-order chi connectivity index (χ1) is 18.1. The highest BCUT2D eigenvalue weighted by molar-refractivity contribution is 5.93. The molecule has 0 fully saturated rings. The van der Waals surface area contributed by atoms with Crippen LogP contribution in [-0.2, 0) is 27.2 Å². The van der Waals surface area contributed by atoms with Gasteiger partial charge >= 0.3 is 5.97 Å². The largest absolute Gasteiger partial charge is 0.508 e. The second-order valence-corrected chi connectivity index (χ2v) is 8.95. The van der Waals surface area contributed by atoms with E-state index in [0.717, 1.165) is 22.0 Å². The number of hydrogen-bond acceptors (Lipinski definition) is 6. The molecule has 202 valence electrons. The number of aromatic hydroxyl groups is 1. The van der Waals surface area contributed by atoms with Crippen molar-refractivity contribution >= 4 is 34.6 Å². The van der Waals surface area contributed by atoms with Gasteiger partial charge in [0.05, 0.1) is 6.04 Å². The van der Waals surface area contributed by atoms with Crippen molar-refractivity contribution in [3.8, 4) is 5.75 Å². The molecule has 0 aliphatic carbocycles. The van der Waals surface area contributed by atoms with E-state index in [1.54, 1.807) is 18.3 Å². The van der Waals surface area contributed by atoms with E-state index < -0.39 is 35.9 Å². The number of nitrogens with one attached hydrogen (secondary N) is 3. The number of rotatable bonds is 13. The smallest absolute Gasteiger partial charge is 0.326 e. The van der Waals surface area contributed by atoms with E-state index in [1.807, 2.05) is 24.3 Å². The molecule has 38 heavy (non-hydrogen) atoms. The number of H-pyrrole nitrogens is 1. The van der Waals surface area contributed by atoms with Gasteiger partial charge in [-0.05, 0) is 48.6 Å². The Morgan fingerprint density at radius 2 is 1.63 bits per heavy atom. The number of guanidine groups is 1. The number of nitrogens with two attached hydrogens (primary N) is 3. The number of carbonyl (C=O) groups excluding carboxylic acids is 2. The third kappa shape index (κ3) is 7.96. The first-order valence-corrected chi connectivity index (χ1v) is 12.1. The van der Waals surface area contributed by atoms with E-state index in [-0.39, 0.29) is 37.5 Å². The summed E-state index contributed by atoms with van der Waals surface area (Å²) in [6.45, 7) is 0.212. The number of hydrogen-bond donors (Lipinski definition) is 8. The van der Waals surface area contributed by atoms with Crippen LogP contribution in [0.5, 0.6) is 5.75 Å². The molecule has 0 spiro atoms. The van der Waals surface area contributed by atoms with Crippen LogP contribution in [0.2, 0.25) is 0 Å². The fraction of sp³-hybridized carbons (Fsp3) is 0.308. The second-order valence-electron chi connectivity index (χ2n) is 8.95. The summed E-state index contributed by atoms with van der Waals surface area (Å²) in [6, 6.07) is 10.5. The van der Waals surface area contributed by atoms with Gasteiger partial charge in [0.25, 0.3) is 0 Å². The van der Waals surface area contributed by atoms with E-state index >= 15 is 0 Å².